The van der Waals surface area contributed by atoms with Crippen LogP contribution in [-0.4, -0.2) is 4.98 Å². The zero-order valence-corrected chi connectivity index (χ0v) is 9.83. The Bertz CT molecular complexity index is 428. The lowest BCUT2D eigenvalue weighted by atomic mass is 10.2. The summed E-state index contributed by atoms with van der Waals surface area (Å²) in [6.45, 7) is 0. The van der Waals surface area contributed by atoms with Crippen LogP contribution in [0.2, 0.25) is 0 Å². The Morgan fingerprint density at radius 3 is 3.00 bits per heavy atom. The smallest absolute Gasteiger partial charge is 0.0713 e. The van der Waals surface area contributed by atoms with Crippen molar-refractivity contribution in [3.63, 3.8) is 0 Å². The van der Waals surface area contributed by atoms with E-state index in [2.05, 4.69) is 55.6 Å². The molecule has 1 aromatic heterocycles. The molecule has 0 aliphatic rings. The van der Waals surface area contributed by atoms with Crippen molar-refractivity contribution in [2.24, 2.45) is 0 Å². The first-order valence-electron chi connectivity index (χ1n) is 3.47. The molecule has 60 valence electrons. The van der Waals surface area contributed by atoms with Gasteiger partial charge in [0.2, 0.25) is 0 Å². The van der Waals surface area contributed by atoms with Gasteiger partial charge in [-0.15, -0.1) is 0 Å². The number of hydrogen-bond acceptors (Lipinski definition) is 1. The predicted octanol–water partition coefficient (Wildman–Crippen LogP) is 3.60. The SMILES string of the molecule is Brc1cnc2cccc(I)c2c1. The van der Waals surface area contributed by atoms with Crippen LogP contribution in [0, 0.1) is 3.57 Å². The van der Waals surface area contributed by atoms with Crippen molar-refractivity contribution in [2.45, 2.75) is 0 Å². The van der Waals surface area contributed by atoms with Crippen LogP contribution >= 0.6 is 38.5 Å². The minimum absolute atomic E-state index is 1.03. The number of fused-ring (bicyclic) bond motifs is 1. The molecule has 0 unspecified atom stereocenters. The maximum absolute atomic E-state index is 4.29. The van der Waals surface area contributed by atoms with E-state index in [9.17, 15) is 0 Å². The molecule has 0 saturated heterocycles. The summed E-state index contributed by atoms with van der Waals surface area (Å²) in [6.07, 6.45) is 1.82. The normalized spacial score (nSPS) is 10.5. The van der Waals surface area contributed by atoms with Gasteiger partial charge in [-0.05, 0) is 56.7 Å². The molecule has 0 bridgehead atoms. The third-order valence-corrected chi connectivity index (χ3v) is 3.01. The third kappa shape index (κ3) is 1.47. The lowest BCUT2D eigenvalue weighted by Crippen LogP contribution is -1.80. The Morgan fingerprint density at radius 2 is 2.17 bits per heavy atom. The van der Waals surface area contributed by atoms with Gasteiger partial charge < -0.3 is 0 Å². The van der Waals surface area contributed by atoms with E-state index in [1.807, 2.05) is 18.3 Å². The Balaban J connectivity index is 2.88. The summed E-state index contributed by atoms with van der Waals surface area (Å²) in [6, 6.07) is 8.20. The molecule has 2 aromatic rings. The number of halogens is 2. The Morgan fingerprint density at radius 1 is 1.33 bits per heavy atom. The highest BCUT2D eigenvalue weighted by molar-refractivity contribution is 14.1. The fourth-order valence-corrected chi connectivity index (χ4v) is 2.06. The molecule has 0 N–H and O–H groups in total. The lowest BCUT2D eigenvalue weighted by Gasteiger charge is -1.99. The molecule has 0 amide bonds. The Hall–Kier alpha value is -0.160. The summed E-state index contributed by atoms with van der Waals surface area (Å²) >= 11 is 5.71. The minimum atomic E-state index is 1.03. The van der Waals surface area contributed by atoms with E-state index in [4.69, 9.17) is 0 Å². The van der Waals surface area contributed by atoms with Crippen molar-refractivity contribution in [3.8, 4) is 0 Å². The average Bonchev–Trinajstić information content (AvgIpc) is 2.07. The molecule has 1 aromatic carbocycles. The largest absolute Gasteiger partial charge is 0.255 e. The summed E-state index contributed by atoms with van der Waals surface area (Å²) in [7, 11) is 0. The van der Waals surface area contributed by atoms with Gasteiger partial charge in [0.1, 0.15) is 0 Å². The van der Waals surface area contributed by atoms with Gasteiger partial charge in [-0.1, -0.05) is 6.07 Å². The van der Waals surface area contributed by atoms with Crippen molar-refractivity contribution in [1.29, 1.82) is 0 Å². The molecule has 0 saturated carbocycles. The molecule has 0 aliphatic heterocycles. The number of pyridine rings is 1. The van der Waals surface area contributed by atoms with Crippen molar-refractivity contribution >= 4 is 49.4 Å². The summed E-state index contributed by atoms with van der Waals surface area (Å²) in [5.41, 5.74) is 1.05. The van der Waals surface area contributed by atoms with Gasteiger partial charge in [-0.25, -0.2) is 0 Å². The molecule has 0 atom stereocenters. The van der Waals surface area contributed by atoms with Gasteiger partial charge in [0, 0.05) is 19.6 Å². The van der Waals surface area contributed by atoms with Gasteiger partial charge in [0.05, 0.1) is 5.52 Å². The molecule has 2 rings (SSSR count). The number of benzene rings is 1. The average molecular weight is 334 g/mol. The number of nitrogens with zero attached hydrogens (tertiary/aromatic N) is 1. The van der Waals surface area contributed by atoms with E-state index in [1.165, 1.54) is 8.96 Å². The zero-order valence-electron chi connectivity index (χ0n) is 6.09. The summed E-state index contributed by atoms with van der Waals surface area (Å²) in [4.78, 5) is 4.29. The van der Waals surface area contributed by atoms with Crippen LogP contribution < -0.4 is 0 Å². The third-order valence-electron chi connectivity index (χ3n) is 1.64. The van der Waals surface area contributed by atoms with Crippen LogP contribution in [0.25, 0.3) is 10.9 Å². The maximum atomic E-state index is 4.29. The highest BCUT2D eigenvalue weighted by Gasteiger charge is 1.98. The van der Waals surface area contributed by atoms with Crippen molar-refractivity contribution in [1.82, 2.24) is 4.98 Å². The summed E-state index contributed by atoms with van der Waals surface area (Å²) in [5.74, 6) is 0. The number of hydrogen-bond donors (Lipinski definition) is 0. The Labute approximate surface area is 92.5 Å². The fourth-order valence-electron chi connectivity index (χ4n) is 1.09. The molecular formula is C9H5BrIN. The van der Waals surface area contributed by atoms with Gasteiger partial charge in [-0.3, -0.25) is 4.98 Å². The topological polar surface area (TPSA) is 12.9 Å². The second-order valence-corrected chi connectivity index (χ2v) is 4.54. The van der Waals surface area contributed by atoms with Crippen LogP contribution in [-0.2, 0) is 0 Å². The zero-order chi connectivity index (χ0) is 8.55. The van der Waals surface area contributed by atoms with E-state index < -0.39 is 0 Å². The first kappa shape index (κ1) is 8.44. The van der Waals surface area contributed by atoms with Crippen molar-refractivity contribution < 1.29 is 0 Å². The van der Waals surface area contributed by atoms with Gasteiger partial charge in [0.15, 0.2) is 0 Å². The van der Waals surface area contributed by atoms with E-state index in [1.54, 1.807) is 0 Å². The minimum Gasteiger partial charge on any atom is -0.255 e. The van der Waals surface area contributed by atoms with E-state index in [-0.39, 0.29) is 0 Å². The molecule has 3 heteroatoms. The van der Waals surface area contributed by atoms with Gasteiger partial charge in [-0.2, -0.15) is 0 Å². The van der Waals surface area contributed by atoms with E-state index in [0.717, 1.165) is 9.99 Å². The van der Waals surface area contributed by atoms with Crippen LogP contribution in [0.5, 0.6) is 0 Å². The highest BCUT2D eigenvalue weighted by atomic mass is 127. The number of rotatable bonds is 0. The van der Waals surface area contributed by atoms with Gasteiger partial charge >= 0.3 is 0 Å². The second kappa shape index (κ2) is 3.30. The van der Waals surface area contributed by atoms with Crippen molar-refractivity contribution in [2.75, 3.05) is 0 Å². The van der Waals surface area contributed by atoms with E-state index >= 15 is 0 Å². The lowest BCUT2D eigenvalue weighted by molar-refractivity contribution is 1.39. The number of aromatic nitrogens is 1. The first-order chi connectivity index (χ1) is 5.77. The van der Waals surface area contributed by atoms with Crippen LogP contribution in [0.3, 0.4) is 0 Å². The fraction of sp³-hybridized carbons (Fsp3) is 0. The molecule has 0 radical (unpaired) electrons. The van der Waals surface area contributed by atoms with Crippen LogP contribution in [0.15, 0.2) is 34.9 Å². The first-order valence-corrected chi connectivity index (χ1v) is 5.34. The second-order valence-electron chi connectivity index (χ2n) is 2.46. The van der Waals surface area contributed by atoms with E-state index in [0.29, 0.717) is 0 Å². The van der Waals surface area contributed by atoms with Crippen LogP contribution in [0.1, 0.15) is 0 Å². The molecule has 0 fully saturated rings. The molecule has 1 nitrogen and oxygen atoms in total. The Kier molecular flexibility index (Phi) is 2.32. The molecule has 1 heterocycles. The summed E-state index contributed by atoms with van der Waals surface area (Å²) < 4.78 is 2.26. The van der Waals surface area contributed by atoms with Gasteiger partial charge in [0.25, 0.3) is 0 Å². The van der Waals surface area contributed by atoms with Crippen LogP contribution in [0.4, 0.5) is 0 Å². The molecule has 0 aliphatic carbocycles. The quantitative estimate of drug-likeness (QED) is 0.671. The standard InChI is InChI=1S/C9H5BrIN/c10-6-4-7-8(11)2-1-3-9(7)12-5-6/h1-5H. The molecular weight excluding hydrogens is 329 g/mol. The molecule has 0 spiro atoms. The molecule has 12 heavy (non-hydrogen) atoms. The highest BCUT2D eigenvalue weighted by Crippen LogP contribution is 2.21. The van der Waals surface area contributed by atoms with Crippen molar-refractivity contribution in [3.05, 3.63) is 38.5 Å². The monoisotopic (exact) mass is 333 g/mol. The maximum Gasteiger partial charge on any atom is 0.0713 e. The summed E-state index contributed by atoms with van der Waals surface area (Å²) in [5, 5.41) is 1.20. The predicted molar refractivity (Wildman–Crippen MR) is 62.2 cm³/mol.